The molecule has 0 saturated heterocycles. The number of fused-ring (bicyclic) bond motifs is 4. The zero-order valence-corrected chi connectivity index (χ0v) is 20.9. The van der Waals surface area contributed by atoms with Gasteiger partial charge in [0.1, 0.15) is 11.4 Å². The van der Waals surface area contributed by atoms with Gasteiger partial charge in [0.2, 0.25) is 5.78 Å². The smallest absolute Gasteiger partial charge is 0.215 e. The van der Waals surface area contributed by atoms with E-state index in [4.69, 9.17) is 0 Å². The van der Waals surface area contributed by atoms with Crippen LogP contribution in [0.5, 0.6) is 17.2 Å². The van der Waals surface area contributed by atoms with Gasteiger partial charge in [-0.15, -0.1) is 0 Å². The predicted molar refractivity (Wildman–Crippen MR) is 151 cm³/mol. The second kappa shape index (κ2) is 8.92. The number of para-hydroxylation sites is 4. The first-order chi connectivity index (χ1) is 19.5. The van der Waals surface area contributed by atoms with Crippen LogP contribution in [0.15, 0.2) is 102 Å². The maximum atomic E-state index is 12.4. The van der Waals surface area contributed by atoms with Gasteiger partial charge in [0.25, 0.3) is 0 Å². The van der Waals surface area contributed by atoms with Gasteiger partial charge >= 0.3 is 0 Å². The van der Waals surface area contributed by atoms with Crippen LogP contribution in [0.3, 0.4) is 0 Å². The number of rotatable bonds is 2. The summed E-state index contributed by atoms with van der Waals surface area (Å²) in [5.41, 5.74) is 4.78. The molecule has 40 heavy (non-hydrogen) atoms. The largest absolute Gasteiger partial charge is 0.871 e. The Kier molecular flexibility index (Phi) is 5.21. The highest BCUT2D eigenvalue weighted by Gasteiger charge is 2.29. The van der Waals surface area contributed by atoms with E-state index in [0.29, 0.717) is 44.5 Å². The van der Waals surface area contributed by atoms with Crippen molar-refractivity contribution in [1.29, 1.82) is 0 Å². The van der Waals surface area contributed by atoms with E-state index in [-0.39, 0.29) is 28.7 Å². The van der Waals surface area contributed by atoms with Gasteiger partial charge in [-0.05, 0) is 47.2 Å². The Labute approximate surface area is 226 Å². The summed E-state index contributed by atoms with van der Waals surface area (Å²) in [5, 5.41) is 36.9. The second-order valence-electron chi connectivity index (χ2n) is 9.45. The number of H-pyrrole nitrogens is 3. The third-order valence-corrected chi connectivity index (χ3v) is 7.08. The average molecular weight is 525 g/mol. The lowest BCUT2D eigenvalue weighted by Gasteiger charge is -2.11. The van der Waals surface area contributed by atoms with Crippen molar-refractivity contribution >= 4 is 49.9 Å². The summed E-state index contributed by atoms with van der Waals surface area (Å²) >= 11 is 0. The van der Waals surface area contributed by atoms with Crippen LogP contribution in [0.25, 0.3) is 44.1 Å². The number of aromatic amines is 3. The van der Waals surface area contributed by atoms with Gasteiger partial charge in [0.05, 0.1) is 17.1 Å². The molecule has 194 valence electrons. The number of nitrogens with zero attached hydrogens (tertiary/aromatic N) is 1. The van der Waals surface area contributed by atoms with Crippen molar-refractivity contribution in [2.24, 2.45) is 4.99 Å². The Bertz CT molecular complexity index is 2050. The fourth-order valence-electron chi connectivity index (χ4n) is 5.11. The van der Waals surface area contributed by atoms with E-state index in [2.05, 4.69) is 19.9 Å². The summed E-state index contributed by atoms with van der Waals surface area (Å²) in [6.07, 6.45) is 0. The highest BCUT2D eigenvalue weighted by atomic mass is 16.3. The molecule has 4 N–H and O–H groups in total. The summed E-state index contributed by atoms with van der Waals surface area (Å²) in [4.78, 5) is 25.8. The Morgan fingerprint density at radius 1 is 0.575 bits per heavy atom. The Balaban J connectivity index is 0.000000132. The van der Waals surface area contributed by atoms with Gasteiger partial charge in [0, 0.05) is 27.5 Å². The maximum absolute atomic E-state index is 12.4. The zero-order valence-electron chi connectivity index (χ0n) is 20.9. The molecular weight excluding hydrogens is 504 g/mol. The second-order valence-corrected chi connectivity index (χ2v) is 9.45. The molecule has 8 heteroatoms. The maximum Gasteiger partial charge on any atom is 0.215 e. The summed E-state index contributed by atoms with van der Waals surface area (Å²) < 4.78 is 0. The SMILES string of the molecule is O=C1C(c2[nH]c3ccccc3c2O)=Nc2ccccc21.[O-]c1c(-c2[nH]c3ccccc3c2[O-])[nH]c2ccccc12. The molecule has 8 nitrogen and oxygen atoms in total. The lowest BCUT2D eigenvalue weighted by Crippen LogP contribution is -2.11. The van der Waals surface area contributed by atoms with Crippen molar-refractivity contribution in [2.75, 3.05) is 0 Å². The molecule has 0 amide bonds. The van der Waals surface area contributed by atoms with Gasteiger partial charge in [-0.1, -0.05) is 72.2 Å². The molecule has 0 fully saturated rings. The number of carbonyl (C=O) groups excluding carboxylic acids is 1. The molecule has 0 bridgehead atoms. The van der Waals surface area contributed by atoms with Crippen LogP contribution in [0, 0.1) is 0 Å². The minimum atomic E-state index is -0.164. The van der Waals surface area contributed by atoms with E-state index in [9.17, 15) is 20.1 Å². The average Bonchev–Trinajstić information content (AvgIpc) is 3.71. The summed E-state index contributed by atoms with van der Waals surface area (Å²) in [6.45, 7) is 0. The number of ketones is 1. The van der Waals surface area contributed by atoms with Crippen LogP contribution in [0.2, 0.25) is 0 Å². The number of hydrogen-bond acceptors (Lipinski definition) is 5. The van der Waals surface area contributed by atoms with Crippen LogP contribution in [0.1, 0.15) is 16.1 Å². The topological polar surface area (TPSA) is 143 Å². The van der Waals surface area contributed by atoms with E-state index in [1.807, 2.05) is 60.7 Å². The Morgan fingerprint density at radius 2 is 1.02 bits per heavy atom. The van der Waals surface area contributed by atoms with E-state index in [1.165, 1.54) is 0 Å². The molecule has 1 aliphatic heterocycles. The number of aliphatic imine (C=N–C) groups is 1. The Morgan fingerprint density at radius 3 is 1.55 bits per heavy atom. The van der Waals surface area contributed by atoms with Crippen LogP contribution >= 0.6 is 0 Å². The minimum absolute atomic E-state index is 0.0699. The monoisotopic (exact) mass is 524 g/mol. The van der Waals surface area contributed by atoms with Gasteiger partial charge in [0.15, 0.2) is 5.75 Å². The highest BCUT2D eigenvalue weighted by Crippen LogP contribution is 2.40. The summed E-state index contributed by atoms with van der Waals surface area (Å²) in [6, 6.07) is 29.0. The molecule has 7 aromatic rings. The van der Waals surface area contributed by atoms with Crippen molar-refractivity contribution in [1.82, 2.24) is 15.0 Å². The normalized spacial score (nSPS) is 12.5. The van der Waals surface area contributed by atoms with Crippen LogP contribution in [0.4, 0.5) is 5.69 Å². The lowest BCUT2D eigenvalue weighted by atomic mass is 10.1. The number of Topliss-reactive ketones (excluding diaryl/α,β-unsaturated/α-hetero) is 1. The number of aromatic nitrogens is 3. The predicted octanol–water partition coefficient (Wildman–Crippen LogP) is 5.65. The number of nitrogens with one attached hydrogen (secondary N) is 3. The van der Waals surface area contributed by atoms with Gasteiger partial charge < -0.3 is 30.3 Å². The minimum Gasteiger partial charge on any atom is -0.871 e. The van der Waals surface area contributed by atoms with E-state index in [1.54, 1.807) is 36.4 Å². The fourth-order valence-corrected chi connectivity index (χ4v) is 5.11. The first-order valence-electron chi connectivity index (χ1n) is 12.6. The van der Waals surface area contributed by atoms with Crippen LogP contribution in [-0.2, 0) is 0 Å². The van der Waals surface area contributed by atoms with Crippen molar-refractivity contribution in [3.05, 3.63) is 108 Å². The molecule has 0 spiro atoms. The standard InChI is InChI=1S/C16H12N2O2.C16H10N2O2/c2*19-15-9-5-1-3-7-11(9)17-13(15)14-16(20)10-6-2-4-8-12(10)18-14/h1-8,17-20H;1-8,17,19H/p-2. The van der Waals surface area contributed by atoms with Crippen molar-refractivity contribution in [2.45, 2.75) is 0 Å². The van der Waals surface area contributed by atoms with E-state index < -0.39 is 0 Å². The number of aromatic hydroxyl groups is 1. The van der Waals surface area contributed by atoms with Gasteiger partial charge in [-0.3, -0.25) is 4.79 Å². The third kappa shape index (κ3) is 3.54. The Hall–Kier alpha value is -5.76. The van der Waals surface area contributed by atoms with Crippen molar-refractivity contribution in [3.8, 4) is 28.6 Å². The summed E-state index contributed by atoms with van der Waals surface area (Å²) in [5.74, 6) is -0.392. The molecule has 8 rings (SSSR count). The number of hydrogen-bond donors (Lipinski definition) is 4. The van der Waals surface area contributed by atoms with Gasteiger partial charge in [-0.25, -0.2) is 4.99 Å². The van der Waals surface area contributed by atoms with E-state index in [0.717, 1.165) is 16.6 Å². The number of benzene rings is 4. The number of carbonyl (C=O) groups is 1. The van der Waals surface area contributed by atoms with Crippen LogP contribution < -0.4 is 10.2 Å². The molecule has 4 heterocycles. The first-order valence-corrected chi connectivity index (χ1v) is 12.6. The highest BCUT2D eigenvalue weighted by molar-refractivity contribution is 6.55. The third-order valence-electron chi connectivity index (χ3n) is 7.08. The van der Waals surface area contributed by atoms with Gasteiger partial charge in [-0.2, -0.15) is 0 Å². The lowest BCUT2D eigenvalue weighted by molar-refractivity contribution is -0.268. The molecule has 0 atom stereocenters. The van der Waals surface area contributed by atoms with Crippen molar-refractivity contribution < 1.29 is 20.1 Å². The summed E-state index contributed by atoms with van der Waals surface area (Å²) in [7, 11) is 0. The molecule has 0 saturated carbocycles. The molecule has 1 aliphatic rings. The first kappa shape index (κ1) is 23.4. The quantitative estimate of drug-likeness (QED) is 0.232. The molecule has 4 aromatic carbocycles. The molecule has 0 radical (unpaired) electrons. The van der Waals surface area contributed by atoms with Crippen LogP contribution in [-0.4, -0.2) is 31.6 Å². The van der Waals surface area contributed by atoms with Crippen molar-refractivity contribution in [3.63, 3.8) is 0 Å². The fraction of sp³-hybridized carbons (Fsp3) is 0. The van der Waals surface area contributed by atoms with E-state index >= 15 is 0 Å². The molecule has 0 unspecified atom stereocenters. The zero-order chi connectivity index (χ0) is 27.4. The molecule has 0 aliphatic carbocycles. The molecular formula is C32H20N4O4-2. The molecule has 3 aromatic heterocycles.